The lowest BCUT2D eigenvalue weighted by Crippen LogP contribution is -2.49. The van der Waals surface area contributed by atoms with Crippen molar-refractivity contribution in [3.8, 4) is 0 Å². The summed E-state index contributed by atoms with van der Waals surface area (Å²) >= 11 is 0. The van der Waals surface area contributed by atoms with E-state index in [1.807, 2.05) is 20.8 Å². The smallest absolute Gasteiger partial charge is 0.407 e. The molecule has 26 heavy (non-hydrogen) atoms. The summed E-state index contributed by atoms with van der Waals surface area (Å²) in [4.78, 5) is 16.2. The second-order valence-electron chi connectivity index (χ2n) is 7.42. The van der Waals surface area contributed by atoms with Crippen LogP contribution in [0.3, 0.4) is 0 Å². The molecule has 0 fully saturated rings. The van der Waals surface area contributed by atoms with E-state index in [4.69, 9.17) is 9.47 Å². The van der Waals surface area contributed by atoms with Crippen LogP contribution in [0.5, 0.6) is 0 Å². The van der Waals surface area contributed by atoms with Gasteiger partial charge in [0.05, 0.1) is 0 Å². The number of unbranched alkanes of at least 4 members (excludes halogenated alkanes) is 3. The van der Waals surface area contributed by atoms with Gasteiger partial charge in [0.15, 0.2) is 5.96 Å². The number of nitrogens with zero attached hydrogens (tertiary/aromatic N) is 1. The third-order valence-electron chi connectivity index (χ3n) is 3.68. The van der Waals surface area contributed by atoms with Crippen molar-refractivity contribution < 1.29 is 14.3 Å². The predicted molar refractivity (Wildman–Crippen MR) is 108 cm³/mol. The van der Waals surface area contributed by atoms with Crippen LogP contribution in [-0.4, -0.2) is 57.5 Å². The zero-order valence-electron chi connectivity index (χ0n) is 17.6. The van der Waals surface area contributed by atoms with E-state index < -0.39 is 5.60 Å². The molecule has 0 aliphatic carbocycles. The number of methoxy groups -OCH3 is 1. The van der Waals surface area contributed by atoms with Gasteiger partial charge in [0.1, 0.15) is 5.60 Å². The number of ether oxygens (including phenoxy) is 2. The van der Waals surface area contributed by atoms with Crippen molar-refractivity contribution in [2.75, 3.05) is 33.9 Å². The summed E-state index contributed by atoms with van der Waals surface area (Å²) in [5.74, 6) is 0.767. The molecule has 7 heteroatoms. The Bertz CT molecular complexity index is 395. The molecule has 0 saturated heterocycles. The monoisotopic (exact) mass is 372 g/mol. The number of hydrogen-bond donors (Lipinski definition) is 3. The predicted octanol–water partition coefficient (Wildman–Crippen LogP) is 3.05. The molecule has 0 aliphatic rings. The van der Waals surface area contributed by atoms with Gasteiger partial charge in [-0.2, -0.15) is 0 Å². The molecular formula is C19H40N4O3. The standard InChI is InChI=1S/C19H40N4O3/c1-7-8-12-16(15-22-18(24)26-19(2,3)4)23-17(20-5)21-13-10-9-11-14-25-6/h16H,7-15H2,1-6H3,(H,22,24)(H2,20,21,23). The van der Waals surface area contributed by atoms with E-state index in [1.165, 1.54) is 0 Å². The Morgan fingerprint density at radius 2 is 1.85 bits per heavy atom. The summed E-state index contributed by atoms with van der Waals surface area (Å²) in [5.41, 5.74) is -0.489. The molecule has 154 valence electrons. The number of hydrogen-bond acceptors (Lipinski definition) is 4. The number of carbonyl (C=O) groups is 1. The van der Waals surface area contributed by atoms with Gasteiger partial charge in [-0.1, -0.05) is 19.8 Å². The summed E-state index contributed by atoms with van der Waals surface area (Å²) in [6.45, 7) is 9.91. The topological polar surface area (TPSA) is 84.0 Å². The molecule has 7 nitrogen and oxygen atoms in total. The first-order valence-corrected chi connectivity index (χ1v) is 9.75. The van der Waals surface area contributed by atoms with Crippen LogP contribution >= 0.6 is 0 Å². The van der Waals surface area contributed by atoms with Crippen molar-refractivity contribution in [1.82, 2.24) is 16.0 Å². The summed E-state index contributed by atoms with van der Waals surface area (Å²) in [6, 6.07) is 0.113. The minimum atomic E-state index is -0.489. The molecule has 0 aromatic rings. The van der Waals surface area contributed by atoms with E-state index in [0.29, 0.717) is 6.54 Å². The van der Waals surface area contributed by atoms with Gasteiger partial charge in [0, 0.05) is 39.9 Å². The lowest BCUT2D eigenvalue weighted by Gasteiger charge is -2.24. The van der Waals surface area contributed by atoms with Crippen LogP contribution in [0.2, 0.25) is 0 Å². The SMILES string of the molecule is CCCCC(CNC(=O)OC(C)(C)C)NC(=NC)NCCCCCOC. The molecule has 0 spiro atoms. The average Bonchev–Trinajstić information content (AvgIpc) is 2.57. The molecule has 0 aliphatic heterocycles. The number of rotatable bonds is 12. The van der Waals surface area contributed by atoms with Crippen molar-refractivity contribution in [2.45, 2.75) is 77.9 Å². The number of amides is 1. The average molecular weight is 373 g/mol. The lowest BCUT2D eigenvalue weighted by atomic mass is 10.1. The Morgan fingerprint density at radius 3 is 2.42 bits per heavy atom. The van der Waals surface area contributed by atoms with Crippen molar-refractivity contribution >= 4 is 12.1 Å². The maximum atomic E-state index is 11.9. The van der Waals surface area contributed by atoms with Crippen molar-refractivity contribution in [3.05, 3.63) is 0 Å². The van der Waals surface area contributed by atoms with Gasteiger partial charge in [0.2, 0.25) is 0 Å². The molecular weight excluding hydrogens is 332 g/mol. The summed E-state index contributed by atoms with van der Waals surface area (Å²) in [7, 11) is 3.49. The Balaban J connectivity index is 4.32. The molecule has 0 bridgehead atoms. The van der Waals surface area contributed by atoms with Crippen LogP contribution in [0.25, 0.3) is 0 Å². The quantitative estimate of drug-likeness (QED) is 0.279. The van der Waals surface area contributed by atoms with Crippen molar-refractivity contribution in [1.29, 1.82) is 0 Å². The summed E-state index contributed by atoms with van der Waals surface area (Å²) in [6.07, 6.45) is 6.03. The minimum Gasteiger partial charge on any atom is -0.444 e. The number of aliphatic imine (C=N–C) groups is 1. The third-order valence-corrected chi connectivity index (χ3v) is 3.68. The van der Waals surface area contributed by atoms with Gasteiger partial charge < -0.3 is 25.4 Å². The second kappa shape index (κ2) is 14.6. The van der Waals surface area contributed by atoms with E-state index in [1.54, 1.807) is 14.2 Å². The minimum absolute atomic E-state index is 0.113. The number of nitrogens with one attached hydrogen (secondary N) is 3. The number of guanidine groups is 1. The van der Waals surface area contributed by atoms with Crippen LogP contribution in [-0.2, 0) is 9.47 Å². The maximum absolute atomic E-state index is 11.9. The number of carbonyl (C=O) groups excluding carboxylic acids is 1. The molecule has 1 unspecified atom stereocenters. The van der Waals surface area contributed by atoms with Gasteiger partial charge in [-0.25, -0.2) is 4.79 Å². The summed E-state index contributed by atoms with van der Waals surface area (Å²) in [5, 5.41) is 9.58. The zero-order valence-corrected chi connectivity index (χ0v) is 17.6. The first-order chi connectivity index (χ1) is 12.3. The van der Waals surface area contributed by atoms with Gasteiger partial charge in [-0.15, -0.1) is 0 Å². The fourth-order valence-electron chi connectivity index (χ4n) is 2.34. The highest BCUT2D eigenvalue weighted by Crippen LogP contribution is 2.07. The molecule has 3 N–H and O–H groups in total. The molecule has 0 radical (unpaired) electrons. The molecule has 0 aromatic heterocycles. The molecule has 0 saturated carbocycles. The van der Waals surface area contributed by atoms with Crippen LogP contribution in [0.1, 0.15) is 66.2 Å². The van der Waals surface area contributed by atoms with E-state index >= 15 is 0 Å². The Hall–Kier alpha value is -1.50. The van der Waals surface area contributed by atoms with Gasteiger partial charge >= 0.3 is 6.09 Å². The number of alkyl carbamates (subject to hydrolysis) is 1. The highest BCUT2D eigenvalue weighted by Gasteiger charge is 2.18. The van der Waals surface area contributed by atoms with E-state index in [9.17, 15) is 4.79 Å². The van der Waals surface area contributed by atoms with E-state index in [0.717, 1.165) is 57.6 Å². The van der Waals surface area contributed by atoms with Crippen LogP contribution < -0.4 is 16.0 Å². The highest BCUT2D eigenvalue weighted by molar-refractivity contribution is 5.80. The van der Waals surface area contributed by atoms with Gasteiger partial charge in [-0.3, -0.25) is 4.99 Å². The van der Waals surface area contributed by atoms with Crippen LogP contribution in [0.15, 0.2) is 4.99 Å². The maximum Gasteiger partial charge on any atom is 0.407 e. The highest BCUT2D eigenvalue weighted by atomic mass is 16.6. The van der Waals surface area contributed by atoms with Crippen molar-refractivity contribution in [3.63, 3.8) is 0 Å². The van der Waals surface area contributed by atoms with Gasteiger partial charge in [-0.05, 0) is 46.5 Å². The van der Waals surface area contributed by atoms with Crippen molar-refractivity contribution in [2.24, 2.45) is 4.99 Å². The Labute approximate surface area is 159 Å². The first kappa shape index (κ1) is 24.5. The molecule has 0 rings (SSSR count). The Kier molecular flexibility index (Phi) is 13.8. The lowest BCUT2D eigenvalue weighted by molar-refractivity contribution is 0.0523. The molecule has 1 atom stereocenters. The van der Waals surface area contributed by atoms with E-state index in [-0.39, 0.29) is 12.1 Å². The van der Waals surface area contributed by atoms with Crippen LogP contribution in [0.4, 0.5) is 4.79 Å². The first-order valence-electron chi connectivity index (χ1n) is 9.75. The summed E-state index contributed by atoms with van der Waals surface area (Å²) < 4.78 is 10.4. The fourth-order valence-corrected chi connectivity index (χ4v) is 2.34. The Morgan fingerprint density at radius 1 is 1.12 bits per heavy atom. The molecule has 0 aromatic carbocycles. The normalized spacial score (nSPS) is 13.2. The van der Waals surface area contributed by atoms with E-state index in [2.05, 4.69) is 27.9 Å². The second-order valence-corrected chi connectivity index (χ2v) is 7.42. The molecule has 0 heterocycles. The van der Waals surface area contributed by atoms with Gasteiger partial charge in [0.25, 0.3) is 0 Å². The zero-order chi connectivity index (χ0) is 19.8. The largest absolute Gasteiger partial charge is 0.444 e. The third kappa shape index (κ3) is 14.8. The molecule has 1 amide bonds. The fraction of sp³-hybridized carbons (Fsp3) is 0.895. The van der Waals surface area contributed by atoms with Crippen LogP contribution in [0, 0.1) is 0 Å².